The van der Waals surface area contributed by atoms with E-state index < -0.39 is 0 Å². The van der Waals surface area contributed by atoms with Crippen molar-refractivity contribution < 1.29 is 9.90 Å². The molecular weight excluding hydrogens is 258 g/mol. The number of rotatable bonds is 4. The van der Waals surface area contributed by atoms with E-state index in [4.69, 9.17) is 5.11 Å². The van der Waals surface area contributed by atoms with Crippen molar-refractivity contribution in [2.45, 2.75) is 26.3 Å². The molecule has 0 radical (unpaired) electrons. The van der Waals surface area contributed by atoms with Gasteiger partial charge in [-0.05, 0) is 19.4 Å². The fraction of sp³-hybridized carbons (Fsp3) is 0.462. The van der Waals surface area contributed by atoms with Crippen LogP contribution in [0.15, 0.2) is 12.3 Å². The predicted molar refractivity (Wildman–Crippen MR) is 76.6 cm³/mol. The number of anilines is 1. The van der Waals surface area contributed by atoms with E-state index in [-0.39, 0.29) is 18.7 Å². The van der Waals surface area contributed by atoms with Crippen LogP contribution < -0.4 is 10.6 Å². The van der Waals surface area contributed by atoms with Gasteiger partial charge in [0.25, 0.3) is 0 Å². The van der Waals surface area contributed by atoms with Crippen molar-refractivity contribution in [1.29, 1.82) is 0 Å². The molecule has 0 aliphatic carbocycles. The van der Waals surface area contributed by atoms with Gasteiger partial charge in [-0.15, -0.1) is 0 Å². The molecule has 0 aliphatic rings. The fourth-order valence-electron chi connectivity index (χ4n) is 2.01. The van der Waals surface area contributed by atoms with Gasteiger partial charge in [-0.3, -0.25) is 4.68 Å². The summed E-state index contributed by atoms with van der Waals surface area (Å²) in [6, 6.07) is 1.24. The SMILES string of the molecule is CCC(CO)NC(=O)Nc1cnc2c(c1)c(C)nn2C. The summed E-state index contributed by atoms with van der Waals surface area (Å²) < 4.78 is 1.70. The zero-order chi connectivity index (χ0) is 14.7. The number of aliphatic hydroxyl groups is 1. The normalized spacial score (nSPS) is 12.4. The molecule has 0 aliphatic heterocycles. The van der Waals surface area contributed by atoms with E-state index in [1.807, 2.05) is 27.0 Å². The first-order valence-electron chi connectivity index (χ1n) is 6.52. The Kier molecular flexibility index (Phi) is 4.19. The third kappa shape index (κ3) is 2.88. The van der Waals surface area contributed by atoms with E-state index >= 15 is 0 Å². The molecule has 3 N–H and O–H groups in total. The van der Waals surface area contributed by atoms with E-state index in [0.717, 1.165) is 16.7 Å². The minimum atomic E-state index is -0.353. The molecule has 1 atom stereocenters. The summed E-state index contributed by atoms with van der Waals surface area (Å²) in [6.07, 6.45) is 2.26. The number of nitrogens with zero attached hydrogens (tertiary/aromatic N) is 3. The van der Waals surface area contributed by atoms with Crippen molar-refractivity contribution in [3.05, 3.63) is 18.0 Å². The molecule has 2 aromatic rings. The van der Waals surface area contributed by atoms with Crippen LogP contribution in [0.5, 0.6) is 0 Å². The van der Waals surface area contributed by atoms with E-state index in [9.17, 15) is 4.79 Å². The highest BCUT2D eigenvalue weighted by atomic mass is 16.3. The van der Waals surface area contributed by atoms with E-state index in [1.165, 1.54) is 0 Å². The summed E-state index contributed by atoms with van der Waals surface area (Å²) in [4.78, 5) is 16.1. The molecule has 2 aromatic heterocycles. The Morgan fingerprint density at radius 2 is 2.30 bits per heavy atom. The van der Waals surface area contributed by atoms with E-state index in [0.29, 0.717) is 12.1 Å². The van der Waals surface area contributed by atoms with Crippen LogP contribution in [-0.2, 0) is 7.05 Å². The maximum absolute atomic E-state index is 11.8. The molecule has 7 heteroatoms. The van der Waals surface area contributed by atoms with Gasteiger partial charge in [0.15, 0.2) is 5.65 Å². The Bertz CT molecular complexity index is 618. The summed E-state index contributed by atoms with van der Waals surface area (Å²) in [5.74, 6) is 0. The van der Waals surface area contributed by atoms with Crippen molar-refractivity contribution in [3.63, 3.8) is 0 Å². The van der Waals surface area contributed by atoms with Crippen LogP contribution in [0.4, 0.5) is 10.5 Å². The monoisotopic (exact) mass is 277 g/mol. The second-order valence-corrected chi connectivity index (χ2v) is 4.69. The van der Waals surface area contributed by atoms with Crippen LogP contribution in [0.1, 0.15) is 19.0 Å². The second kappa shape index (κ2) is 5.87. The first-order chi connectivity index (χ1) is 9.55. The molecule has 0 saturated heterocycles. The molecule has 0 saturated carbocycles. The van der Waals surface area contributed by atoms with Crippen molar-refractivity contribution in [1.82, 2.24) is 20.1 Å². The minimum Gasteiger partial charge on any atom is -0.394 e. The molecule has 20 heavy (non-hydrogen) atoms. The van der Waals surface area contributed by atoms with E-state index in [2.05, 4.69) is 20.7 Å². The number of aromatic nitrogens is 3. The molecule has 108 valence electrons. The number of nitrogens with one attached hydrogen (secondary N) is 2. The first kappa shape index (κ1) is 14.3. The smallest absolute Gasteiger partial charge is 0.319 e. The van der Waals surface area contributed by atoms with Crippen molar-refractivity contribution >= 4 is 22.8 Å². The van der Waals surface area contributed by atoms with Gasteiger partial charge >= 0.3 is 6.03 Å². The summed E-state index contributed by atoms with van der Waals surface area (Å²) in [7, 11) is 1.83. The third-order valence-corrected chi connectivity index (χ3v) is 3.17. The quantitative estimate of drug-likeness (QED) is 0.782. The largest absolute Gasteiger partial charge is 0.394 e. The third-order valence-electron chi connectivity index (χ3n) is 3.17. The zero-order valence-corrected chi connectivity index (χ0v) is 11.8. The van der Waals surface area contributed by atoms with Gasteiger partial charge in [0, 0.05) is 12.4 Å². The summed E-state index contributed by atoms with van der Waals surface area (Å²) in [5, 5.41) is 19.6. The summed E-state index contributed by atoms with van der Waals surface area (Å²) >= 11 is 0. The molecule has 2 heterocycles. The fourth-order valence-corrected chi connectivity index (χ4v) is 2.01. The molecule has 1 unspecified atom stereocenters. The van der Waals surface area contributed by atoms with Crippen LogP contribution in [0.2, 0.25) is 0 Å². The molecule has 0 bridgehead atoms. The van der Waals surface area contributed by atoms with Gasteiger partial charge in [-0.2, -0.15) is 5.10 Å². The molecule has 2 rings (SSSR count). The van der Waals surface area contributed by atoms with Crippen LogP contribution in [0.25, 0.3) is 11.0 Å². The maximum atomic E-state index is 11.8. The average molecular weight is 277 g/mol. The number of aliphatic hydroxyl groups excluding tert-OH is 1. The van der Waals surface area contributed by atoms with Gasteiger partial charge in [0.1, 0.15) is 0 Å². The second-order valence-electron chi connectivity index (χ2n) is 4.69. The maximum Gasteiger partial charge on any atom is 0.319 e. The number of urea groups is 1. The highest BCUT2D eigenvalue weighted by Crippen LogP contribution is 2.19. The zero-order valence-electron chi connectivity index (χ0n) is 11.8. The topological polar surface area (TPSA) is 92.1 Å². The highest BCUT2D eigenvalue weighted by molar-refractivity contribution is 5.92. The number of fused-ring (bicyclic) bond motifs is 1. The lowest BCUT2D eigenvalue weighted by Gasteiger charge is -2.14. The predicted octanol–water partition coefficient (Wildman–Crippen LogP) is 1.17. The van der Waals surface area contributed by atoms with Gasteiger partial charge in [0.05, 0.1) is 30.2 Å². The number of hydrogen-bond acceptors (Lipinski definition) is 4. The average Bonchev–Trinajstić information content (AvgIpc) is 2.71. The van der Waals surface area contributed by atoms with Crippen LogP contribution in [0, 0.1) is 6.92 Å². The van der Waals surface area contributed by atoms with Crippen molar-refractivity contribution in [2.75, 3.05) is 11.9 Å². The van der Waals surface area contributed by atoms with Gasteiger partial charge in [-0.1, -0.05) is 6.92 Å². The first-order valence-corrected chi connectivity index (χ1v) is 6.52. The molecule has 0 aromatic carbocycles. The van der Waals surface area contributed by atoms with E-state index in [1.54, 1.807) is 10.9 Å². The molecule has 0 fully saturated rings. The molecule has 0 spiro atoms. The lowest BCUT2D eigenvalue weighted by atomic mass is 10.2. The minimum absolute atomic E-state index is 0.0804. The molecule has 2 amide bonds. The number of aryl methyl sites for hydroxylation is 2. The Morgan fingerprint density at radius 3 is 2.95 bits per heavy atom. The van der Waals surface area contributed by atoms with Crippen LogP contribution in [-0.4, -0.2) is 38.6 Å². The summed E-state index contributed by atoms with van der Waals surface area (Å²) in [6.45, 7) is 3.71. The molecular formula is C13H19N5O2. The lowest BCUT2D eigenvalue weighted by molar-refractivity contribution is 0.222. The number of hydrogen-bond donors (Lipinski definition) is 3. The van der Waals surface area contributed by atoms with Gasteiger partial charge < -0.3 is 15.7 Å². The Balaban J connectivity index is 2.14. The Morgan fingerprint density at radius 1 is 1.55 bits per heavy atom. The number of pyridine rings is 1. The molecule has 7 nitrogen and oxygen atoms in total. The highest BCUT2D eigenvalue weighted by Gasteiger charge is 2.11. The number of carbonyl (C=O) groups excluding carboxylic acids is 1. The lowest BCUT2D eigenvalue weighted by Crippen LogP contribution is -2.39. The van der Waals surface area contributed by atoms with Crippen LogP contribution >= 0.6 is 0 Å². The Hall–Kier alpha value is -2.15. The standard InChI is InChI=1S/C13H19N5O2/c1-4-9(7-19)15-13(20)16-10-5-11-8(2)17-18(3)12(11)14-6-10/h5-6,9,19H,4,7H2,1-3H3,(H2,15,16,20). The summed E-state index contributed by atoms with van der Waals surface area (Å²) in [5.41, 5.74) is 2.23. The van der Waals surface area contributed by atoms with Gasteiger partial charge in [0.2, 0.25) is 0 Å². The number of amides is 2. The Labute approximate surface area is 117 Å². The van der Waals surface area contributed by atoms with Crippen molar-refractivity contribution in [3.8, 4) is 0 Å². The van der Waals surface area contributed by atoms with Crippen LogP contribution in [0.3, 0.4) is 0 Å². The van der Waals surface area contributed by atoms with Crippen molar-refractivity contribution in [2.24, 2.45) is 7.05 Å². The van der Waals surface area contributed by atoms with Gasteiger partial charge in [-0.25, -0.2) is 9.78 Å². The number of carbonyl (C=O) groups is 1.